The van der Waals surface area contributed by atoms with Gasteiger partial charge in [-0.1, -0.05) is 350 Å². The summed E-state index contributed by atoms with van der Waals surface area (Å²) < 4.78 is 14.8. The topological polar surface area (TPSA) is 104 Å². The Morgan fingerprint density at radius 2 is 0.624 bits per heavy atom. The third kappa shape index (κ3) is 27.2. The first-order valence-electron chi connectivity index (χ1n) is 53.5. The molecule has 7 unspecified atom stereocenters. The molecule has 5 aliphatic carbocycles. The van der Waals surface area contributed by atoms with E-state index < -0.39 is 0 Å². The van der Waals surface area contributed by atoms with Gasteiger partial charge in [0.25, 0.3) is 0 Å². The van der Waals surface area contributed by atoms with Crippen LogP contribution in [0, 0.1) is 7.14 Å². The van der Waals surface area contributed by atoms with Crippen molar-refractivity contribution in [1.29, 1.82) is 0 Å². The Morgan fingerprint density at radius 1 is 0.302 bits per heavy atom. The smallest absolute Gasteiger partial charge is 0.338 e. The Balaban J connectivity index is 0.000000114. The van der Waals surface area contributed by atoms with Crippen LogP contribution in [0.5, 0.6) is 5.75 Å². The van der Waals surface area contributed by atoms with Gasteiger partial charge in [-0.15, -0.1) is 11.8 Å². The van der Waals surface area contributed by atoms with E-state index in [1.54, 1.807) is 38.8 Å². The molecule has 17 aromatic rings. The molecule has 0 spiro atoms. The van der Waals surface area contributed by atoms with Gasteiger partial charge in [-0.3, -0.25) is 0 Å². The molecule has 0 amide bonds. The summed E-state index contributed by atoms with van der Waals surface area (Å²) in [7, 11) is 0. The summed E-state index contributed by atoms with van der Waals surface area (Å²) in [5.74, 6) is 7.88. The molecule has 0 fully saturated rings. The predicted octanol–water partition coefficient (Wildman–Crippen LogP) is 36.8. The lowest BCUT2D eigenvalue weighted by Crippen LogP contribution is -2.17. The summed E-state index contributed by atoms with van der Waals surface area (Å²) in [6.07, 6.45) is 17.3. The van der Waals surface area contributed by atoms with Gasteiger partial charge in [-0.2, -0.15) is 0 Å². The first kappa shape index (κ1) is 107. The highest BCUT2D eigenvalue weighted by molar-refractivity contribution is 14.1. The number of para-hydroxylation sites is 1. The fourth-order valence-corrected chi connectivity index (χ4v) is 26.7. The molecule has 0 bridgehead atoms. The minimum absolute atomic E-state index is 0.120. The van der Waals surface area contributed by atoms with E-state index in [4.69, 9.17) is 9.47 Å². The standard InChI is InChI=1S/C23H26O3.C23H22O.C19H19BrO.C19H19IO.C19H16O.C19H16S.C16H15I/c1-15(2)26-23(25)18-10-8-17(9-11-18)21-13-12-19(14-16(3)24)20-6-4-5-7-22(20)21;1-16(24)14-19-12-13-22(23-9-5-4-8-21(19)23)20-11-10-17-6-2-3-7-18(17)15-20;1-13(21)12-15-8-11-18(14-6-9-16(20)10-7-14)19-5-3-2-4-17(15)19;1-13(21)11-15-9-10-18(14-5-4-6-16(20)12-14)19-8-3-2-7-17(15)19;2*1-2-6-15-13-16(10-9-14(15)5-1)17-11-12-20-19-8-4-3-7-18(17)19;17-14-8-3-7-13(11-14)16-10-4-6-12-5-1-2-9-15(12)16/h4-11,15,19,21H,12-14H2,1-3H3;2-11,15,19,22H,12-14H2,1H3;2-7,9-10,15,18H,8,11-12H2,1H3;2-8,12,15,18H,9-11H2,1H3;2*1-10,13,17H,11-12H2;1-3,5,7-9,11,16H,4,6,10H2/t19-,21?;19-,22?;2*15-,18?;;;/m0000.../s1. The first-order chi connectivity index (χ1) is 72.6. The molecule has 754 valence electrons. The van der Waals surface area contributed by atoms with Crippen molar-refractivity contribution in [3.63, 3.8) is 0 Å². The molecule has 11 heteroatoms. The Kier molecular flexibility index (Phi) is 36.9. The van der Waals surface area contributed by atoms with Crippen molar-refractivity contribution < 1.29 is 33.4 Å². The lowest BCUT2D eigenvalue weighted by atomic mass is 9.72. The largest absolute Gasteiger partial charge is 0.493 e. The second kappa shape index (κ2) is 51.5. The van der Waals surface area contributed by atoms with Crippen LogP contribution in [-0.2, 0) is 30.3 Å². The second-order valence-electron chi connectivity index (χ2n) is 41.6. The molecule has 7 aliphatic rings. The molecule has 0 saturated heterocycles. The lowest BCUT2D eigenvalue weighted by Gasteiger charge is -2.31. The number of hydrogen-bond acceptors (Lipinski definition) is 8. The van der Waals surface area contributed by atoms with Crippen LogP contribution in [0.25, 0.3) is 32.3 Å². The number of halogens is 3. The summed E-state index contributed by atoms with van der Waals surface area (Å²) >= 11 is 10.3. The number of fused-ring (bicyclic) bond motifs is 10. The molecule has 0 aromatic heterocycles. The molecule has 0 radical (unpaired) electrons. The molecule has 0 N–H and O–H groups in total. The monoisotopic (exact) mass is 2270 g/mol. The van der Waals surface area contributed by atoms with Crippen molar-refractivity contribution in [2.75, 3.05) is 12.4 Å². The molecule has 2 aliphatic heterocycles. The second-order valence-corrected chi connectivity index (χ2v) is 46.1. The summed E-state index contributed by atoms with van der Waals surface area (Å²) in [5, 5.41) is 7.89. The number of carbonyl (C=O) groups is 5. The number of ether oxygens (including phenoxy) is 2. The average Bonchev–Trinajstić information content (AvgIpc) is 0.761. The zero-order valence-electron chi connectivity index (χ0n) is 86.3. The maximum Gasteiger partial charge on any atom is 0.338 e. The highest BCUT2D eigenvalue weighted by Crippen LogP contribution is 2.51. The van der Waals surface area contributed by atoms with Crippen molar-refractivity contribution in [3.8, 4) is 5.75 Å². The minimum atomic E-state index is -0.280. The fraction of sp³-hybridized carbons (Fsp3) is 0.268. The van der Waals surface area contributed by atoms with Crippen molar-refractivity contribution in [2.45, 2.75) is 227 Å². The number of carbonyl (C=O) groups excluding carboxylic acids is 5. The van der Waals surface area contributed by atoms with Crippen molar-refractivity contribution in [1.82, 2.24) is 0 Å². The van der Waals surface area contributed by atoms with Gasteiger partial charge in [-0.25, -0.2) is 4.79 Å². The number of aryl methyl sites for hydroxylation is 1. The SMILES string of the molecule is CC(=O)C[C@@H]1CCC(c2ccc(Br)cc2)c2ccccc21.CC(=O)C[C@@H]1CCC(c2ccc(C(=O)OC(C)C)cc2)c2ccccc21.CC(=O)C[C@@H]1CCC(c2ccc3ccccc3c2)c2ccccc21.CC(=O)C[C@@H]1CCC(c2cccc(I)c2)c2ccccc21.Ic1cccc(C2CCCc3ccccc32)c1.c1ccc2c(c1)OCCC2c1ccc2ccccc2c1.c1ccc2c(c1)SCCC2c1ccc2ccccc2c1. The van der Waals surface area contributed by atoms with Crippen LogP contribution < -0.4 is 4.74 Å². The number of ketones is 4. The van der Waals surface area contributed by atoms with Crippen LogP contribution in [0.4, 0.5) is 0 Å². The van der Waals surface area contributed by atoms with Gasteiger partial charge in [0.1, 0.15) is 28.9 Å². The zero-order valence-corrected chi connectivity index (χ0v) is 93.0. The molecular weight excluding hydrogens is 2140 g/mol. The van der Waals surface area contributed by atoms with E-state index in [1.165, 1.54) is 170 Å². The van der Waals surface area contributed by atoms with Gasteiger partial charge in [0.05, 0.1) is 18.3 Å². The number of esters is 1. The Labute approximate surface area is 921 Å². The van der Waals surface area contributed by atoms with Crippen LogP contribution >= 0.6 is 72.9 Å². The van der Waals surface area contributed by atoms with Crippen molar-refractivity contribution >= 4 is 134 Å². The summed E-state index contributed by atoms with van der Waals surface area (Å²) in [6, 6.07) is 141. The zero-order chi connectivity index (χ0) is 103. The van der Waals surface area contributed by atoms with Crippen LogP contribution in [-0.4, -0.2) is 47.6 Å². The van der Waals surface area contributed by atoms with E-state index >= 15 is 0 Å². The minimum Gasteiger partial charge on any atom is -0.493 e. The molecule has 149 heavy (non-hydrogen) atoms. The molecular formula is C138H133BrI2O7S. The van der Waals surface area contributed by atoms with E-state index in [0.717, 1.165) is 74.6 Å². The van der Waals surface area contributed by atoms with Crippen molar-refractivity contribution in [3.05, 3.63) is 517 Å². The van der Waals surface area contributed by atoms with E-state index in [-0.39, 0.29) is 23.6 Å². The van der Waals surface area contributed by atoms with Gasteiger partial charge >= 0.3 is 5.97 Å². The van der Waals surface area contributed by atoms with Gasteiger partial charge in [-0.05, 0) is 393 Å². The summed E-state index contributed by atoms with van der Waals surface area (Å²) in [4.78, 5) is 59.7. The van der Waals surface area contributed by atoms with Crippen LogP contribution in [0.3, 0.4) is 0 Å². The average molecular weight is 2270 g/mol. The molecule has 17 aromatic carbocycles. The molecule has 0 saturated carbocycles. The number of Topliss-reactive ketones (excluding diaryl/α,β-unsaturated/α-hetero) is 4. The highest BCUT2D eigenvalue weighted by atomic mass is 127. The van der Waals surface area contributed by atoms with E-state index in [2.05, 4.69) is 425 Å². The third-order valence-electron chi connectivity index (χ3n) is 31.1. The maximum atomic E-state index is 12.0. The number of hydrogen-bond donors (Lipinski definition) is 0. The van der Waals surface area contributed by atoms with Crippen molar-refractivity contribution in [2.24, 2.45) is 0 Å². The van der Waals surface area contributed by atoms with Crippen LogP contribution in [0.2, 0.25) is 0 Å². The van der Waals surface area contributed by atoms with E-state index in [1.807, 2.05) is 55.9 Å². The number of rotatable bonds is 17. The number of benzene rings is 17. The Hall–Kier alpha value is -12.2. The Morgan fingerprint density at radius 3 is 1.03 bits per heavy atom. The highest BCUT2D eigenvalue weighted by Gasteiger charge is 2.35. The third-order valence-corrected chi connectivity index (χ3v) is 34.1. The van der Waals surface area contributed by atoms with Gasteiger partial charge in [0.15, 0.2) is 0 Å². The molecule has 11 atom stereocenters. The van der Waals surface area contributed by atoms with Crippen LogP contribution in [0.15, 0.2) is 404 Å². The van der Waals surface area contributed by atoms with Gasteiger partial charge in [0, 0.05) is 89.2 Å². The van der Waals surface area contributed by atoms with E-state index in [9.17, 15) is 24.0 Å². The summed E-state index contributed by atoms with van der Waals surface area (Å²) in [6.45, 7) is 11.3. The molecule has 24 rings (SSSR count). The van der Waals surface area contributed by atoms with Gasteiger partial charge < -0.3 is 28.7 Å². The lowest BCUT2D eigenvalue weighted by molar-refractivity contribution is -0.118. The Bertz CT molecular complexity index is 7400. The maximum absolute atomic E-state index is 12.0. The molecule has 7 nitrogen and oxygen atoms in total. The fourth-order valence-electron chi connectivity index (χ4n) is 24.2. The van der Waals surface area contributed by atoms with Gasteiger partial charge in [0.2, 0.25) is 0 Å². The van der Waals surface area contributed by atoms with Crippen LogP contribution in [0.1, 0.15) is 325 Å². The normalized spacial score (nSPS) is 19.3. The summed E-state index contributed by atoms with van der Waals surface area (Å²) in [5.41, 5.74) is 27.1. The van der Waals surface area contributed by atoms with E-state index in [0.29, 0.717) is 108 Å². The first-order valence-corrected chi connectivity index (χ1v) is 57.5. The quantitative estimate of drug-likeness (QED) is 0.0656. The molecule has 2 heterocycles. The number of thioether (sulfide) groups is 1. The predicted molar refractivity (Wildman–Crippen MR) is 637 cm³/mol.